The van der Waals surface area contributed by atoms with Crippen LogP contribution in [0.1, 0.15) is 34.4 Å². The summed E-state index contributed by atoms with van der Waals surface area (Å²) in [5, 5.41) is 19.8. The summed E-state index contributed by atoms with van der Waals surface area (Å²) in [6.07, 6.45) is 6.72. The van der Waals surface area contributed by atoms with Crippen LogP contribution < -0.4 is 0 Å². The van der Waals surface area contributed by atoms with Crippen molar-refractivity contribution in [3.63, 3.8) is 0 Å². The Morgan fingerprint density at radius 1 is 1.17 bits per heavy atom. The fraction of sp³-hybridized carbons (Fsp3) is 0.318. The summed E-state index contributed by atoms with van der Waals surface area (Å²) in [6.45, 7) is 5.40. The maximum absolute atomic E-state index is 10.7. The van der Waals surface area contributed by atoms with Crippen LogP contribution in [0.2, 0.25) is 0 Å². The molecule has 5 rings (SSSR count). The number of aliphatic hydroxyl groups is 1. The van der Waals surface area contributed by atoms with Gasteiger partial charge in [-0.15, -0.1) is 0 Å². The number of aryl methyl sites for hydroxylation is 2. The van der Waals surface area contributed by atoms with Gasteiger partial charge in [0.2, 0.25) is 0 Å². The molecule has 0 saturated carbocycles. The van der Waals surface area contributed by atoms with Crippen LogP contribution in [-0.4, -0.2) is 45.7 Å². The van der Waals surface area contributed by atoms with E-state index in [0.717, 1.165) is 37.6 Å². The molecule has 0 spiro atoms. The van der Waals surface area contributed by atoms with E-state index in [9.17, 15) is 5.11 Å². The molecule has 1 aliphatic rings. The third kappa shape index (κ3) is 3.55. The lowest BCUT2D eigenvalue weighted by Gasteiger charge is -2.26. The summed E-state index contributed by atoms with van der Waals surface area (Å²) in [6, 6.07) is 10.3. The van der Waals surface area contributed by atoms with Gasteiger partial charge < -0.3 is 9.67 Å². The Bertz CT molecular complexity index is 1150. The first-order valence-corrected chi connectivity index (χ1v) is 10.1. The van der Waals surface area contributed by atoms with Crippen LogP contribution in [-0.2, 0) is 26.7 Å². The Balaban J connectivity index is 1.28. The van der Waals surface area contributed by atoms with Gasteiger partial charge in [0.25, 0.3) is 0 Å². The molecule has 4 aromatic rings. The largest absolute Gasteiger partial charge is 0.379 e. The number of hydrogen-bond donors (Lipinski definition) is 1. The lowest BCUT2D eigenvalue weighted by atomic mass is 10.2. The normalized spacial score (nSPS) is 15.3. The molecule has 8 heteroatoms. The Morgan fingerprint density at radius 2 is 2.00 bits per heavy atom. The summed E-state index contributed by atoms with van der Waals surface area (Å²) in [5.74, 6) is 0.603. The van der Waals surface area contributed by atoms with Gasteiger partial charge in [-0.05, 0) is 25.1 Å². The monoisotopic (exact) mass is 403 g/mol. The van der Waals surface area contributed by atoms with Crippen molar-refractivity contribution >= 4 is 0 Å². The molecule has 1 N–H and O–H groups in total. The number of hydrogen-bond acceptors (Lipinski definition) is 5. The molecule has 0 saturated heterocycles. The summed E-state index contributed by atoms with van der Waals surface area (Å²) in [4.78, 5) is 6.62. The Labute approximate surface area is 175 Å². The third-order valence-corrected chi connectivity index (χ3v) is 5.62. The van der Waals surface area contributed by atoms with E-state index in [1.165, 1.54) is 11.1 Å². The second kappa shape index (κ2) is 7.55. The highest BCUT2D eigenvalue weighted by Crippen LogP contribution is 2.23. The quantitative estimate of drug-likeness (QED) is 0.553. The smallest absolute Gasteiger partial charge is 0.155 e. The average molecular weight is 403 g/mol. The standard InChI is InChI=1S/C22H25N7O/c1-16-3-5-18(6-4-16)29-14-17(12-24-29)13-27-9-10-28-19(15-27)11-20(25-28)21(30)22-23-7-8-26(22)2/h3-8,11-12,14,21,30H,9-10,13,15H2,1-2H3/t21-/m0/s1. The molecular formula is C22H25N7O. The molecular weight excluding hydrogens is 378 g/mol. The third-order valence-electron chi connectivity index (χ3n) is 5.62. The molecule has 8 nitrogen and oxygen atoms in total. The number of aromatic nitrogens is 6. The van der Waals surface area contributed by atoms with Crippen LogP contribution in [0.25, 0.3) is 5.69 Å². The fourth-order valence-electron chi connectivity index (χ4n) is 3.92. The number of aliphatic hydroxyl groups excluding tert-OH is 1. The van der Waals surface area contributed by atoms with Gasteiger partial charge in [-0.1, -0.05) is 17.7 Å². The van der Waals surface area contributed by atoms with Gasteiger partial charge in [0, 0.05) is 50.8 Å². The number of fused-ring (bicyclic) bond motifs is 1. The number of benzene rings is 1. The zero-order valence-corrected chi connectivity index (χ0v) is 17.2. The van der Waals surface area contributed by atoms with Crippen molar-refractivity contribution in [2.45, 2.75) is 32.7 Å². The minimum absolute atomic E-state index is 0.603. The SMILES string of the molecule is Cc1ccc(-n2cc(CN3CCn4nc([C@H](O)c5nccn5C)cc4C3)cn2)cc1. The van der Waals surface area contributed by atoms with E-state index < -0.39 is 6.10 Å². The van der Waals surface area contributed by atoms with Crippen LogP contribution >= 0.6 is 0 Å². The molecule has 4 heterocycles. The van der Waals surface area contributed by atoms with E-state index in [2.05, 4.69) is 57.5 Å². The highest BCUT2D eigenvalue weighted by atomic mass is 16.3. The average Bonchev–Trinajstić information content (AvgIpc) is 3.47. The minimum atomic E-state index is -0.815. The van der Waals surface area contributed by atoms with E-state index >= 15 is 0 Å². The van der Waals surface area contributed by atoms with Gasteiger partial charge >= 0.3 is 0 Å². The number of rotatable bonds is 5. The molecule has 0 aliphatic carbocycles. The lowest BCUT2D eigenvalue weighted by molar-refractivity contribution is 0.194. The molecule has 30 heavy (non-hydrogen) atoms. The summed E-state index contributed by atoms with van der Waals surface area (Å²) >= 11 is 0. The minimum Gasteiger partial charge on any atom is -0.379 e. The molecule has 1 aromatic carbocycles. The van der Waals surface area contributed by atoms with Crippen molar-refractivity contribution in [1.29, 1.82) is 0 Å². The molecule has 0 radical (unpaired) electrons. The van der Waals surface area contributed by atoms with Gasteiger partial charge in [-0.2, -0.15) is 10.2 Å². The lowest BCUT2D eigenvalue weighted by Crippen LogP contribution is -2.33. The Morgan fingerprint density at radius 3 is 2.77 bits per heavy atom. The second-order valence-corrected chi connectivity index (χ2v) is 7.92. The van der Waals surface area contributed by atoms with Gasteiger partial charge in [-0.3, -0.25) is 9.58 Å². The number of nitrogens with zero attached hydrogens (tertiary/aromatic N) is 7. The maximum Gasteiger partial charge on any atom is 0.155 e. The second-order valence-electron chi connectivity index (χ2n) is 7.92. The van der Waals surface area contributed by atoms with Crippen LogP contribution in [0.4, 0.5) is 0 Å². The van der Waals surface area contributed by atoms with Crippen LogP contribution in [0.3, 0.4) is 0 Å². The zero-order valence-electron chi connectivity index (χ0n) is 17.2. The Hall–Kier alpha value is -3.23. The van der Waals surface area contributed by atoms with Crippen molar-refractivity contribution in [2.24, 2.45) is 7.05 Å². The van der Waals surface area contributed by atoms with E-state index in [1.807, 2.05) is 39.4 Å². The molecule has 0 bridgehead atoms. The van der Waals surface area contributed by atoms with Crippen molar-refractivity contribution < 1.29 is 5.11 Å². The summed E-state index contributed by atoms with van der Waals surface area (Å²) in [5.41, 5.74) is 5.24. The van der Waals surface area contributed by atoms with E-state index in [1.54, 1.807) is 6.20 Å². The molecule has 1 atom stereocenters. The Kier molecular flexibility index (Phi) is 4.72. The zero-order chi connectivity index (χ0) is 20.7. The molecule has 3 aromatic heterocycles. The van der Waals surface area contributed by atoms with Gasteiger partial charge in [-0.25, -0.2) is 9.67 Å². The van der Waals surface area contributed by atoms with E-state index in [0.29, 0.717) is 11.5 Å². The van der Waals surface area contributed by atoms with Crippen LogP contribution in [0.5, 0.6) is 0 Å². The fourth-order valence-corrected chi connectivity index (χ4v) is 3.92. The first kappa shape index (κ1) is 18.8. The van der Waals surface area contributed by atoms with Crippen LogP contribution in [0.15, 0.2) is 55.1 Å². The first-order valence-electron chi connectivity index (χ1n) is 10.1. The predicted octanol–water partition coefficient (Wildman–Crippen LogP) is 2.21. The number of imidazole rings is 1. The first-order chi connectivity index (χ1) is 14.6. The summed E-state index contributed by atoms with van der Waals surface area (Å²) in [7, 11) is 1.88. The van der Waals surface area contributed by atoms with Gasteiger partial charge in [0.05, 0.1) is 29.8 Å². The summed E-state index contributed by atoms with van der Waals surface area (Å²) < 4.78 is 5.74. The van der Waals surface area contributed by atoms with Gasteiger partial charge in [0.1, 0.15) is 5.82 Å². The molecule has 0 unspecified atom stereocenters. The van der Waals surface area contributed by atoms with Crippen molar-refractivity contribution in [2.75, 3.05) is 6.54 Å². The maximum atomic E-state index is 10.7. The van der Waals surface area contributed by atoms with Crippen molar-refractivity contribution in [3.05, 3.63) is 83.5 Å². The highest BCUT2D eigenvalue weighted by Gasteiger charge is 2.24. The van der Waals surface area contributed by atoms with Crippen LogP contribution in [0, 0.1) is 6.92 Å². The van der Waals surface area contributed by atoms with E-state index in [-0.39, 0.29) is 0 Å². The van der Waals surface area contributed by atoms with Crippen molar-refractivity contribution in [1.82, 2.24) is 34.0 Å². The molecule has 0 fully saturated rings. The highest BCUT2D eigenvalue weighted by molar-refractivity contribution is 5.34. The molecule has 154 valence electrons. The van der Waals surface area contributed by atoms with Gasteiger partial charge in [0.15, 0.2) is 6.10 Å². The van der Waals surface area contributed by atoms with E-state index in [4.69, 9.17) is 0 Å². The van der Waals surface area contributed by atoms with Crippen molar-refractivity contribution in [3.8, 4) is 5.69 Å². The molecule has 0 amide bonds. The predicted molar refractivity (Wildman–Crippen MR) is 112 cm³/mol. The molecule has 1 aliphatic heterocycles. The topological polar surface area (TPSA) is 76.9 Å².